The van der Waals surface area contributed by atoms with Gasteiger partial charge in [-0.3, -0.25) is 20.4 Å². The fraction of sp³-hybridized carbons (Fsp3) is 0.385. The number of nitrogens with one attached hydrogen (secondary N) is 2. The Bertz CT molecular complexity index is 520. The lowest BCUT2D eigenvalue weighted by Crippen LogP contribution is -2.45. The number of carbonyl (C=O) groups is 2. The standard InChI is InChI=1S/C13H15F3N2O4/c1-2-21-9-5-3-4-6-10(9)22-8-12(20)18-17-11(19)7-13(14,15)16/h3-6H,2,7-8H2,1H3,(H,17,19)(H,18,20). The van der Waals surface area contributed by atoms with E-state index in [1.807, 2.05) is 5.43 Å². The van der Waals surface area contributed by atoms with Crippen molar-refractivity contribution in [2.75, 3.05) is 13.2 Å². The van der Waals surface area contributed by atoms with Crippen molar-refractivity contribution >= 4 is 11.8 Å². The molecule has 0 aromatic heterocycles. The number of hydrogen-bond acceptors (Lipinski definition) is 4. The minimum Gasteiger partial charge on any atom is -0.490 e. The van der Waals surface area contributed by atoms with Crippen LogP contribution in [0.15, 0.2) is 24.3 Å². The van der Waals surface area contributed by atoms with Gasteiger partial charge in [0, 0.05) is 0 Å². The van der Waals surface area contributed by atoms with Crippen LogP contribution < -0.4 is 20.3 Å². The van der Waals surface area contributed by atoms with Crippen LogP contribution in [0.2, 0.25) is 0 Å². The van der Waals surface area contributed by atoms with Crippen LogP contribution in [-0.2, 0) is 9.59 Å². The predicted molar refractivity (Wildman–Crippen MR) is 70.1 cm³/mol. The Morgan fingerprint density at radius 1 is 1.05 bits per heavy atom. The number of carbonyl (C=O) groups excluding carboxylic acids is 2. The summed E-state index contributed by atoms with van der Waals surface area (Å²) in [5, 5.41) is 0. The van der Waals surface area contributed by atoms with Crippen molar-refractivity contribution in [3.63, 3.8) is 0 Å². The second-order valence-corrected chi connectivity index (χ2v) is 4.06. The molecule has 0 aliphatic heterocycles. The van der Waals surface area contributed by atoms with Crippen LogP contribution >= 0.6 is 0 Å². The van der Waals surface area contributed by atoms with Crippen LogP contribution in [0.3, 0.4) is 0 Å². The van der Waals surface area contributed by atoms with E-state index in [0.29, 0.717) is 18.1 Å². The highest BCUT2D eigenvalue weighted by Crippen LogP contribution is 2.26. The fourth-order valence-corrected chi connectivity index (χ4v) is 1.39. The third-order valence-electron chi connectivity index (χ3n) is 2.21. The highest BCUT2D eigenvalue weighted by Gasteiger charge is 2.31. The van der Waals surface area contributed by atoms with E-state index in [0.717, 1.165) is 0 Å². The summed E-state index contributed by atoms with van der Waals surface area (Å²) < 4.78 is 46.2. The van der Waals surface area contributed by atoms with Crippen LogP contribution in [0.25, 0.3) is 0 Å². The number of para-hydroxylation sites is 2. The highest BCUT2D eigenvalue weighted by atomic mass is 19.4. The molecule has 22 heavy (non-hydrogen) atoms. The van der Waals surface area contributed by atoms with Crippen molar-refractivity contribution in [1.82, 2.24) is 10.9 Å². The molecule has 1 aromatic rings. The maximum absolute atomic E-state index is 11.9. The molecule has 9 heteroatoms. The second-order valence-electron chi connectivity index (χ2n) is 4.06. The van der Waals surface area contributed by atoms with Crippen LogP contribution in [0.4, 0.5) is 13.2 Å². The minimum atomic E-state index is -4.64. The van der Waals surface area contributed by atoms with Crippen LogP contribution in [0.5, 0.6) is 11.5 Å². The van der Waals surface area contributed by atoms with E-state index in [1.54, 1.807) is 36.6 Å². The van der Waals surface area contributed by atoms with E-state index < -0.39 is 31.0 Å². The van der Waals surface area contributed by atoms with Gasteiger partial charge in [-0.2, -0.15) is 13.2 Å². The second kappa shape index (κ2) is 8.11. The normalized spacial score (nSPS) is 10.7. The molecular weight excluding hydrogens is 305 g/mol. The van der Waals surface area contributed by atoms with Gasteiger partial charge >= 0.3 is 6.18 Å². The Kier molecular flexibility index (Phi) is 6.48. The van der Waals surface area contributed by atoms with Crippen molar-refractivity contribution in [1.29, 1.82) is 0 Å². The molecule has 0 aliphatic carbocycles. The molecular formula is C13H15F3N2O4. The lowest BCUT2D eigenvalue weighted by molar-refractivity contribution is -0.155. The van der Waals surface area contributed by atoms with Crippen molar-refractivity contribution in [2.24, 2.45) is 0 Å². The molecule has 0 atom stereocenters. The molecule has 2 amide bonds. The quantitative estimate of drug-likeness (QED) is 0.780. The van der Waals surface area contributed by atoms with E-state index in [9.17, 15) is 22.8 Å². The highest BCUT2D eigenvalue weighted by molar-refractivity contribution is 5.83. The number of ether oxygens (including phenoxy) is 2. The molecule has 1 rings (SSSR count). The number of amides is 2. The summed E-state index contributed by atoms with van der Waals surface area (Å²) in [5.74, 6) is -1.43. The number of hydrazine groups is 1. The van der Waals surface area contributed by atoms with E-state index in [1.165, 1.54) is 0 Å². The smallest absolute Gasteiger partial charge is 0.397 e. The summed E-state index contributed by atoms with van der Waals surface area (Å²) in [4.78, 5) is 22.3. The molecule has 0 spiro atoms. The zero-order valence-corrected chi connectivity index (χ0v) is 11.7. The summed E-state index contributed by atoms with van der Waals surface area (Å²) in [7, 11) is 0. The number of benzene rings is 1. The summed E-state index contributed by atoms with van der Waals surface area (Å²) >= 11 is 0. The molecule has 1 aromatic carbocycles. The lowest BCUT2D eigenvalue weighted by Gasteiger charge is -2.12. The fourth-order valence-electron chi connectivity index (χ4n) is 1.39. The first-order valence-corrected chi connectivity index (χ1v) is 6.31. The van der Waals surface area contributed by atoms with Gasteiger partial charge in [0.15, 0.2) is 18.1 Å². The van der Waals surface area contributed by atoms with E-state index >= 15 is 0 Å². The third-order valence-corrected chi connectivity index (χ3v) is 2.21. The molecule has 6 nitrogen and oxygen atoms in total. The van der Waals surface area contributed by atoms with Gasteiger partial charge in [-0.15, -0.1) is 0 Å². The van der Waals surface area contributed by atoms with E-state index in [2.05, 4.69) is 0 Å². The zero-order chi connectivity index (χ0) is 16.6. The molecule has 2 N–H and O–H groups in total. The van der Waals surface area contributed by atoms with Gasteiger partial charge in [-0.05, 0) is 19.1 Å². The Labute approximate surface area is 124 Å². The zero-order valence-electron chi connectivity index (χ0n) is 11.7. The number of hydrogen-bond donors (Lipinski definition) is 2. The van der Waals surface area contributed by atoms with Gasteiger partial charge in [0.25, 0.3) is 5.91 Å². The first kappa shape index (κ1) is 17.6. The Morgan fingerprint density at radius 3 is 2.14 bits per heavy atom. The maximum atomic E-state index is 11.9. The van der Waals surface area contributed by atoms with Crippen molar-refractivity contribution in [2.45, 2.75) is 19.5 Å². The molecule has 0 bridgehead atoms. The Balaban J connectivity index is 2.39. The van der Waals surface area contributed by atoms with E-state index in [-0.39, 0.29) is 0 Å². The SMILES string of the molecule is CCOc1ccccc1OCC(=O)NNC(=O)CC(F)(F)F. The van der Waals surface area contributed by atoms with Crippen molar-refractivity contribution in [3.05, 3.63) is 24.3 Å². The van der Waals surface area contributed by atoms with Gasteiger partial charge in [0.05, 0.1) is 6.61 Å². The van der Waals surface area contributed by atoms with Crippen molar-refractivity contribution in [3.8, 4) is 11.5 Å². The molecule has 0 saturated carbocycles. The molecule has 0 radical (unpaired) electrons. The van der Waals surface area contributed by atoms with Gasteiger partial charge in [0.1, 0.15) is 6.42 Å². The monoisotopic (exact) mass is 320 g/mol. The first-order valence-electron chi connectivity index (χ1n) is 6.31. The number of halogens is 3. The molecule has 0 aliphatic rings. The number of rotatable bonds is 6. The summed E-state index contributed by atoms with van der Waals surface area (Å²) in [6.07, 6.45) is -6.32. The molecule has 122 valence electrons. The molecule has 0 fully saturated rings. The maximum Gasteiger partial charge on any atom is 0.397 e. The van der Waals surface area contributed by atoms with Crippen LogP contribution in [-0.4, -0.2) is 31.2 Å². The average Bonchev–Trinajstić information content (AvgIpc) is 2.43. The molecule has 0 saturated heterocycles. The van der Waals surface area contributed by atoms with Gasteiger partial charge < -0.3 is 9.47 Å². The first-order chi connectivity index (χ1) is 10.3. The average molecular weight is 320 g/mol. The summed E-state index contributed by atoms with van der Waals surface area (Å²) in [6.45, 7) is 1.69. The lowest BCUT2D eigenvalue weighted by atomic mass is 10.3. The van der Waals surface area contributed by atoms with Gasteiger partial charge in [-0.25, -0.2) is 0 Å². The van der Waals surface area contributed by atoms with Gasteiger partial charge in [0.2, 0.25) is 5.91 Å². The summed E-state index contributed by atoms with van der Waals surface area (Å²) in [5.41, 5.74) is 3.47. The van der Waals surface area contributed by atoms with Gasteiger partial charge in [-0.1, -0.05) is 12.1 Å². The Morgan fingerprint density at radius 2 is 1.59 bits per heavy atom. The molecule has 0 unspecified atom stereocenters. The largest absolute Gasteiger partial charge is 0.490 e. The van der Waals surface area contributed by atoms with Crippen molar-refractivity contribution < 1.29 is 32.2 Å². The molecule has 0 heterocycles. The van der Waals surface area contributed by atoms with Crippen LogP contribution in [0, 0.1) is 0 Å². The van der Waals surface area contributed by atoms with E-state index in [4.69, 9.17) is 9.47 Å². The van der Waals surface area contributed by atoms with Crippen LogP contribution in [0.1, 0.15) is 13.3 Å². The topological polar surface area (TPSA) is 76.7 Å². The predicted octanol–water partition coefficient (Wildman–Crippen LogP) is 1.56. The third kappa shape index (κ3) is 6.82. The number of alkyl halides is 3. The summed E-state index contributed by atoms with van der Waals surface area (Å²) in [6, 6.07) is 6.60. The Hall–Kier alpha value is -2.45. The minimum absolute atomic E-state index is 0.307.